The Balaban J connectivity index is 2.97. The summed E-state index contributed by atoms with van der Waals surface area (Å²) in [5.74, 6) is -0.389. The third kappa shape index (κ3) is 3.38. The van der Waals surface area contributed by atoms with Gasteiger partial charge < -0.3 is 10.5 Å². The number of rotatable bonds is 4. The standard InChI is InChI=1S/C12H15NO3/c1-3-16-12(15)10-5-9(4-8(2)14)6-11(13)7-10/h5-7H,3-4,13H2,1-2H3. The molecule has 0 spiro atoms. The monoisotopic (exact) mass is 221 g/mol. The summed E-state index contributed by atoms with van der Waals surface area (Å²) in [6.07, 6.45) is 0.275. The Kier molecular flexibility index (Phi) is 4.05. The van der Waals surface area contributed by atoms with Crippen molar-refractivity contribution >= 4 is 17.4 Å². The third-order valence-electron chi connectivity index (χ3n) is 1.98. The number of benzene rings is 1. The van der Waals surface area contributed by atoms with Crippen molar-refractivity contribution in [3.8, 4) is 0 Å². The molecule has 86 valence electrons. The van der Waals surface area contributed by atoms with Crippen LogP contribution in [0, 0.1) is 0 Å². The van der Waals surface area contributed by atoms with Crippen LogP contribution in [0.25, 0.3) is 0 Å². The lowest BCUT2D eigenvalue weighted by molar-refractivity contribution is -0.116. The first-order valence-corrected chi connectivity index (χ1v) is 5.09. The average molecular weight is 221 g/mol. The van der Waals surface area contributed by atoms with Gasteiger partial charge in [-0.1, -0.05) is 0 Å². The van der Waals surface area contributed by atoms with Crippen molar-refractivity contribution < 1.29 is 14.3 Å². The van der Waals surface area contributed by atoms with E-state index in [1.807, 2.05) is 0 Å². The van der Waals surface area contributed by atoms with Gasteiger partial charge in [0.2, 0.25) is 0 Å². The molecular weight excluding hydrogens is 206 g/mol. The highest BCUT2D eigenvalue weighted by Gasteiger charge is 2.09. The molecule has 0 amide bonds. The summed E-state index contributed by atoms with van der Waals surface area (Å²) in [7, 11) is 0. The van der Waals surface area contributed by atoms with Gasteiger partial charge in [-0.15, -0.1) is 0 Å². The van der Waals surface area contributed by atoms with E-state index in [1.54, 1.807) is 25.1 Å². The summed E-state index contributed by atoms with van der Waals surface area (Å²) in [6.45, 7) is 3.55. The van der Waals surface area contributed by atoms with Crippen LogP contribution in [0.1, 0.15) is 29.8 Å². The Labute approximate surface area is 94.4 Å². The lowest BCUT2D eigenvalue weighted by Gasteiger charge is -2.06. The maximum absolute atomic E-state index is 11.5. The molecule has 1 aromatic rings. The minimum atomic E-state index is -0.417. The highest BCUT2D eigenvalue weighted by Crippen LogP contribution is 2.14. The molecule has 0 saturated heterocycles. The molecule has 4 heteroatoms. The van der Waals surface area contributed by atoms with E-state index in [0.717, 1.165) is 5.56 Å². The van der Waals surface area contributed by atoms with Crippen LogP contribution in [0.4, 0.5) is 5.69 Å². The fraction of sp³-hybridized carbons (Fsp3) is 0.333. The molecular formula is C12H15NO3. The number of Topliss-reactive ketones (excluding diaryl/α,β-unsaturated/α-hetero) is 1. The smallest absolute Gasteiger partial charge is 0.338 e. The van der Waals surface area contributed by atoms with Crippen LogP contribution in [0.15, 0.2) is 18.2 Å². The van der Waals surface area contributed by atoms with Crippen molar-refractivity contribution in [1.29, 1.82) is 0 Å². The van der Waals surface area contributed by atoms with Crippen LogP contribution >= 0.6 is 0 Å². The molecule has 0 aliphatic rings. The molecule has 1 aromatic carbocycles. The van der Waals surface area contributed by atoms with Crippen molar-refractivity contribution in [3.05, 3.63) is 29.3 Å². The van der Waals surface area contributed by atoms with E-state index in [0.29, 0.717) is 17.9 Å². The molecule has 0 aliphatic carbocycles. The number of hydrogen-bond donors (Lipinski definition) is 1. The normalized spacial score (nSPS) is 9.88. The molecule has 1 rings (SSSR count). The van der Waals surface area contributed by atoms with Gasteiger partial charge in [-0.2, -0.15) is 0 Å². The number of nitrogen functional groups attached to an aromatic ring is 1. The number of ketones is 1. The quantitative estimate of drug-likeness (QED) is 0.619. The number of ether oxygens (including phenoxy) is 1. The first kappa shape index (κ1) is 12.2. The maximum Gasteiger partial charge on any atom is 0.338 e. The predicted molar refractivity (Wildman–Crippen MR) is 61.2 cm³/mol. The van der Waals surface area contributed by atoms with E-state index in [4.69, 9.17) is 10.5 Å². The minimum absolute atomic E-state index is 0.0282. The second-order valence-electron chi connectivity index (χ2n) is 3.56. The van der Waals surface area contributed by atoms with E-state index in [-0.39, 0.29) is 12.2 Å². The summed E-state index contributed by atoms with van der Waals surface area (Å²) in [5, 5.41) is 0. The Morgan fingerprint density at radius 2 is 2.00 bits per heavy atom. The largest absolute Gasteiger partial charge is 0.462 e. The zero-order valence-corrected chi connectivity index (χ0v) is 9.45. The van der Waals surface area contributed by atoms with Crippen molar-refractivity contribution in [2.75, 3.05) is 12.3 Å². The van der Waals surface area contributed by atoms with Gasteiger partial charge in [0.15, 0.2) is 0 Å². The van der Waals surface area contributed by atoms with Crippen molar-refractivity contribution in [2.24, 2.45) is 0 Å². The van der Waals surface area contributed by atoms with Gasteiger partial charge in [-0.05, 0) is 37.6 Å². The van der Waals surface area contributed by atoms with Crippen LogP contribution in [0.3, 0.4) is 0 Å². The molecule has 16 heavy (non-hydrogen) atoms. The van der Waals surface area contributed by atoms with Gasteiger partial charge in [-0.25, -0.2) is 4.79 Å². The number of carbonyl (C=O) groups is 2. The summed E-state index contributed by atoms with van der Waals surface area (Å²) in [5.41, 5.74) is 7.23. The highest BCUT2D eigenvalue weighted by molar-refractivity contribution is 5.91. The lowest BCUT2D eigenvalue weighted by Crippen LogP contribution is -2.07. The van der Waals surface area contributed by atoms with Crippen molar-refractivity contribution in [1.82, 2.24) is 0 Å². The average Bonchev–Trinajstić information content (AvgIpc) is 2.15. The molecule has 0 bridgehead atoms. The first-order valence-electron chi connectivity index (χ1n) is 5.09. The van der Waals surface area contributed by atoms with E-state index in [2.05, 4.69) is 0 Å². The van der Waals surface area contributed by atoms with Gasteiger partial charge >= 0.3 is 5.97 Å². The second kappa shape index (κ2) is 5.30. The predicted octanol–water partition coefficient (Wildman–Crippen LogP) is 1.58. The molecule has 0 heterocycles. The van der Waals surface area contributed by atoms with Crippen molar-refractivity contribution in [2.45, 2.75) is 20.3 Å². The van der Waals surface area contributed by atoms with E-state index < -0.39 is 5.97 Å². The zero-order valence-electron chi connectivity index (χ0n) is 9.45. The van der Waals surface area contributed by atoms with Crippen LogP contribution in [-0.2, 0) is 16.0 Å². The molecule has 0 fully saturated rings. The minimum Gasteiger partial charge on any atom is -0.462 e. The molecule has 0 aromatic heterocycles. The van der Waals surface area contributed by atoms with Gasteiger partial charge in [0.05, 0.1) is 12.2 Å². The third-order valence-corrected chi connectivity index (χ3v) is 1.98. The summed E-state index contributed by atoms with van der Waals surface area (Å²) >= 11 is 0. The van der Waals surface area contributed by atoms with E-state index in [9.17, 15) is 9.59 Å². The second-order valence-corrected chi connectivity index (χ2v) is 3.56. The molecule has 0 unspecified atom stereocenters. The molecule has 0 aliphatic heterocycles. The lowest BCUT2D eigenvalue weighted by atomic mass is 10.1. The maximum atomic E-state index is 11.5. The van der Waals surface area contributed by atoms with Gasteiger partial charge in [0.25, 0.3) is 0 Å². The van der Waals surface area contributed by atoms with Crippen LogP contribution in [-0.4, -0.2) is 18.4 Å². The van der Waals surface area contributed by atoms with Crippen LogP contribution < -0.4 is 5.73 Å². The van der Waals surface area contributed by atoms with Crippen LogP contribution in [0.2, 0.25) is 0 Å². The summed E-state index contributed by atoms with van der Waals surface area (Å²) < 4.78 is 4.86. The Hall–Kier alpha value is -1.84. The number of anilines is 1. The Morgan fingerprint density at radius 1 is 1.31 bits per heavy atom. The topological polar surface area (TPSA) is 69.4 Å². The first-order chi connectivity index (χ1) is 7.52. The van der Waals surface area contributed by atoms with E-state index in [1.165, 1.54) is 6.92 Å². The fourth-order valence-corrected chi connectivity index (χ4v) is 1.44. The summed E-state index contributed by atoms with van der Waals surface area (Å²) in [6, 6.07) is 4.86. The molecule has 2 N–H and O–H groups in total. The molecule has 0 saturated carbocycles. The molecule has 0 atom stereocenters. The van der Waals surface area contributed by atoms with Gasteiger partial charge in [0.1, 0.15) is 5.78 Å². The highest BCUT2D eigenvalue weighted by atomic mass is 16.5. The van der Waals surface area contributed by atoms with Crippen molar-refractivity contribution in [3.63, 3.8) is 0 Å². The Morgan fingerprint density at radius 3 is 2.56 bits per heavy atom. The van der Waals surface area contributed by atoms with Gasteiger partial charge in [0, 0.05) is 12.1 Å². The summed E-state index contributed by atoms with van der Waals surface area (Å²) in [4.78, 5) is 22.4. The van der Waals surface area contributed by atoms with Gasteiger partial charge in [-0.3, -0.25) is 4.79 Å². The molecule has 0 radical (unpaired) electrons. The number of carbonyl (C=O) groups excluding carboxylic acids is 2. The number of hydrogen-bond acceptors (Lipinski definition) is 4. The number of nitrogens with two attached hydrogens (primary N) is 1. The SMILES string of the molecule is CCOC(=O)c1cc(N)cc(CC(C)=O)c1. The van der Waals surface area contributed by atoms with E-state index >= 15 is 0 Å². The molecule has 4 nitrogen and oxygen atoms in total. The fourth-order valence-electron chi connectivity index (χ4n) is 1.44. The number of esters is 1. The Bertz CT molecular complexity index is 413. The zero-order chi connectivity index (χ0) is 12.1. The van der Waals surface area contributed by atoms with Crippen LogP contribution in [0.5, 0.6) is 0 Å².